The highest BCUT2D eigenvalue weighted by Gasteiger charge is 2.31. The van der Waals surface area contributed by atoms with Crippen molar-refractivity contribution in [1.82, 2.24) is 0 Å². The molecule has 0 aromatic carbocycles. The van der Waals surface area contributed by atoms with Crippen molar-refractivity contribution >= 4 is 0 Å². The molecule has 0 bridgehead atoms. The molecule has 0 rings (SSSR count). The number of hydrogen-bond donors (Lipinski definition) is 0. The van der Waals surface area contributed by atoms with Crippen LogP contribution in [0.3, 0.4) is 0 Å². The van der Waals surface area contributed by atoms with Crippen molar-refractivity contribution in [1.29, 1.82) is 0 Å². The van der Waals surface area contributed by atoms with Crippen molar-refractivity contribution in [3.63, 3.8) is 0 Å². The summed E-state index contributed by atoms with van der Waals surface area (Å²) in [5.74, 6) is 0. The summed E-state index contributed by atoms with van der Waals surface area (Å²) in [6.07, 6.45) is -2.38. The lowest BCUT2D eigenvalue weighted by molar-refractivity contribution is -0.0881. The predicted molar refractivity (Wildman–Crippen MR) is 48.4 cm³/mol. The molecule has 0 radical (unpaired) electrons. The first-order valence-corrected chi connectivity index (χ1v) is 3.84. The van der Waals surface area contributed by atoms with Crippen molar-refractivity contribution in [2.75, 3.05) is 0 Å². The Balaban J connectivity index is 5.01. The van der Waals surface area contributed by atoms with Gasteiger partial charge in [0.2, 0.25) is 0 Å². The molecule has 0 aliphatic carbocycles. The van der Waals surface area contributed by atoms with Gasteiger partial charge in [0.1, 0.15) is 0 Å². The summed E-state index contributed by atoms with van der Waals surface area (Å²) >= 11 is 0. The van der Waals surface area contributed by atoms with Crippen LogP contribution in [-0.4, -0.2) is 6.18 Å². The molecule has 74 valence electrons. The summed E-state index contributed by atoms with van der Waals surface area (Å²) in [7, 11) is 0. The SMILES string of the molecule is C=C/C(=C\C(C)=C(C)C)C(F)(F)F. The van der Waals surface area contributed by atoms with Gasteiger partial charge in [-0.05, 0) is 26.8 Å². The van der Waals surface area contributed by atoms with Crippen LogP contribution in [0.1, 0.15) is 20.8 Å². The van der Waals surface area contributed by atoms with Crippen molar-refractivity contribution in [2.45, 2.75) is 26.9 Å². The molecule has 0 spiro atoms. The maximum Gasteiger partial charge on any atom is 0.416 e. The number of alkyl halides is 3. The molecule has 0 aliphatic heterocycles. The first kappa shape index (κ1) is 12.0. The monoisotopic (exact) mass is 190 g/mol. The summed E-state index contributed by atoms with van der Waals surface area (Å²) < 4.78 is 36.5. The number of halogens is 3. The van der Waals surface area contributed by atoms with Gasteiger partial charge in [0, 0.05) is 0 Å². The molecule has 0 N–H and O–H groups in total. The van der Waals surface area contributed by atoms with Crippen LogP contribution in [0.2, 0.25) is 0 Å². The molecule has 0 nitrogen and oxygen atoms in total. The normalized spacial score (nSPS) is 12.6. The molecule has 0 fully saturated rings. The van der Waals surface area contributed by atoms with Crippen LogP contribution in [0.25, 0.3) is 0 Å². The number of allylic oxidation sites excluding steroid dienone is 5. The highest BCUT2D eigenvalue weighted by Crippen LogP contribution is 2.27. The maximum atomic E-state index is 12.2. The van der Waals surface area contributed by atoms with E-state index in [4.69, 9.17) is 0 Å². The zero-order chi connectivity index (χ0) is 10.6. The van der Waals surface area contributed by atoms with E-state index in [-0.39, 0.29) is 0 Å². The summed E-state index contributed by atoms with van der Waals surface area (Å²) in [6.45, 7) is 8.31. The molecule has 0 amide bonds. The Morgan fingerprint density at radius 2 is 1.62 bits per heavy atom. The second-order valence-electron chi connectivity index (χ2n) is 2.98. The Labute approximate surface area is 76.5 Å². The molecule has 0 heterocycles. The summed E-state index contributed by atoms with van der Waals surface area (Å²) in [6, 6.07) is 0. The maximum absolute atomic E-state index is 12.2. The fraction of sp³-hybridized carbons (Fsp3) is 0.400. The predicted octanol–water partition coefficient (Wildman–Crippen LogP) is 4.02. The summed E-state index contributed by atoms with van der Waals surface area (Å²) in [5, 5.41) is 0. The minimum Gasteiger partial charge on any atom is -0.166 e. The molecule has 0 aliphatic rings. The third-order valence-electron chi connectivity index (χ3n) is 1.71. The van der Waals surface area contributed by atoms with E-state index in [0.717, 1.165) is 17.7 Å². The van der Waals surface area contributed by atoms with Crippen LogP contribution in [0, 0.1) is 0 Å². The fourth-order valence-electron chi connectivity index (χ4n) is 0.634. The summed E-state index contributed by atoms with van der Waals surface area (Å²) in [4.78, 5) is 0. The van der Waals surface area contributed by atoms with Crippen LogP contribution in [0.5, 0.6) is 0 Å². The topological polar surface area (TPSA) is 0 Å². The zero-order valence-corrected chi connectivity index (χ0v) is 8.00. The quantitative estimate of drug-likeness (QED) is 0.577. The smallest absolute Gasteiger partial charge is 0.166 e. The van der Waals surface area contributed by atoms with Gasteiger partial charge in [-0.1, -0.05) is 23.8 Å². The lowest BCUT2D eigenvalue weighted by Gasteiger charge is -2.07. The van der Waals surface area contributed by atoms with E-state index in [9.17, 15) is 13.2 Å². The Hall–Kier alpha value is -0.990. The van der Waals surface area contributed by atoms with E-state index in [2.05, 4.69) is 6.58 Å². The molecule has 0 atom stereocenters. The van der Waals surface area contributed by atoms with Gasteiger partial charge in [0.25, 0.3) is 0 Å². The van der Waals surface area contributed by atoms with Gasteiger partial charge in [0.05, 0.1) is 5.57 Å². The molecule has 13 heavy (non-hydrogen) atoms. The zero-order valence-electron chi connectivity index (χ0n) is 8.00. The van der Waals surface area contributed by atoms with Gasteiger partial charge in [-0.25, -0.2) is 0 Å². The Bertz CT molecular complexity index is 250. The first-order valence-electron chi connectivity index (χ1n) is 3.84. The largest absolute Gasteiger partial charge is 0.416 e. The molecule has 0 aromatic rings. The van der Waals surface area contributed by atoms with Gasteiger partial charge in [-0.15, -0.1) is 0 Å². The Kier molecular flexibility index (Phi) is 3.98. The van der Waals surface area contributed by atoms with E-state index in [0.29, 0.717) is 5.57 Å². The van der Waals surface area contributed by atoms with Crippen molar-refractivity contribution in [3.8, 4) is 0 Å². The molecule has 3 heteroatoms. The molecule has 0 saturated carbocycles. The highest BCUT2D eigenvalue weighted by molar-refractivity contribution is 5.33. The standard InChI is InChI=1S/C10H13F3/c1-5-9(10(11,12)13)6-8(4)7(2)3/h5-6H,1H2,2-4H3/b9-6+. The second kappa shape index (κ2) is 4.30. The van der Waals surface area contributed by atoms with Crippen molar-refractivity contribution in [3.05, 3.63) is 35.5 Å². The first-order chi connectivity index (χ1) is 5.79. The number of hydrogen-bond acceptors (Lipinski definition) is 0. The lowest BCUT2D eigenvalue weighted by Crippen LogP contribution is -2.09. The van der Waals surface area contributed by atoms with Crippen LogP contribution < -0.4 is 0 Å². The Morgan fingerprint density at radius 1 is 1.15 bits per heavy atom. The minimum atomic E-state index is -4.31. The minimum absolute atomic E-state index is 0.618. The summed E-state index contributed by atoms with van der Waals surface area (Å²) in [5.41, 5.74) is 0.780. The van der Waals surface area contributed by atoms with Gasteiger partial charge < -0.3 is 0 Å². The average Bonchev–Trinajstić information content (AvgIpc) is 1.96. The Morgan fingerprint density at radius 3 is 1.85 bits per heavy atom. The van der Waals surface area contributed by atoms with Crippen LogP contribution in [0.4, 0.5) is 13.2 Å². The van der Waals surface area contributed by atoms with Crippen LogP contribution >= 0.6 is 0 Å². The molecular formula is C10H13F3. The van der Waals surface area contributed by atoms with E-state index in [1.807, 2.05) is 0 Å². The molecule has 0 aromatic heterocycles. The van der Waals surface area contributed by atoms with E-state index < -0.39 is 11.7 Å². The average molecular weight is 190 g/mol. The fourth-order valence-corrected chi connectivity index (χ4v) is 0.634. The number of rotatable bonds is 2. The van der Waals surface area contributed by atoms with E-state index in [1.165, 1.54) is 0 Å². The van der Waals surface area contributed by atoms with Crippen LogP contribution in [-0.2, 0) is 0 Å². The lowest BCUT2D eigenvalue weighted by atomic mass is 10.1. The molecular weight excluding hydrogens is 177 g/mol. The molecule has 0 saturated heterocycles. The third-order valence-corrected chi connectivity index (χ3v) is 1.71. The van der Waals surface area contributed by atoms with Crippen molar-refractivity contribution in [2.24, 2.45) is 0 Å². The van der Waals surface area contributed by atoms with Crippen LogP contribution in [0.15, 0.2) is 35.5 Å². The van der Waals surface area contributed by atoms with Crippen molar-refractivity contribution < 1.29 is 13.2 Å². The van der Waals surface area contributed by atoms with Gasteiger partial charge >= 0.3 is 6.18 Å². The van der Waals surface area contributed by atoms with Gasteiger partial charge in [-0.3, -0.25) is 0 Å². The molecule has 0 unspecified atom stereocenters. The van der Waals surface area contributed by atoms with Gasteiger partial charge in [-0.2, -0.15) is 13.2 Å². The van der Waals surface area contributed by atoms with E-state index >= 15 is 0 Å². The third kappa shape index (κ3) is 3.97. The van der Waals surface area contributed by atoms with Gasteiger partial charge in [0.15, 0.2) is 0 Å². The highest BCUT2D eigenvalue weighted by atomic mass is 19.4. The van der Waals surface area contributed by atoms with E-state index in [1.54, 1.807) is 20.8 Å². The second-order valence-corrected chi connectivity index (χ2v) is 2.98.